The second-order valence-corrected chi connectivity index (χ2v) is 8.27. The molecule has 1 rings (SSSR count). The minimum atomic E-state index is -3.19. The van der Waals surface area contributed by atoms with E-state index < -0.39 is 20.6 Å². The molecule has 1 heterocycles. The van der Waals surface area contributed by atoms with Crippen LogP contribution < -0.4 is 5.32 Å². The van der Waals surface area contributed by atoms with E-state index in [1.54, 1.807) is 20.8 Å². The highest BCUT2D eigenvalue weighted by Gasteiger charge is 2.30. The second kappa shape index (κ2) is 4.85. The molecule has 0 bridgehead atoms. The third-order valence-corrected chi connectivity index (χ3v) is 5.91. The first-order valence-electron chi connectivity index (χ1n) is 5.19. The van der Waals surface area contributed by atoms with Crippen LogP contribution in [0.25, 0.3) is 0 Å². The smallest absolute Gasteiger partial charge is 0.347 e. The van der Waals surface area contributed by atoms with Gasteiger partial charge in [-0.05, 0) is 20.8 Å². The Hall–Kier alpha value is -1.15. The number of rotatable bonds is 5. The van der Waals surface area contributed by atoms with Crippen molar-refractivity contribution >= 4 is 32.3 Å². The highest BCUT2D eigenvalue weighted by molar-refractivity contribution is 7.92. The number of sulfone groups is 1. The van der Waals surface area contributed by atoms with E-state index in [2.05, 4.69) is 10.3 Å². The van der Waals surface area contributed by atoms with E-state index in [-0.39, 0.29) is 11.4 Å². The summed E-state index contributed by atoms with van der Waals surface area (Å²) < 4.78 is 22.1. The van der Waals surface area contributed by atoms with Gasteiger partial charge in [0.1, 0.15) is 4.88 Å². The first-order valence-corrected chi connectivity index (χ1v) is 7.89. The molecule has 6 nitrogen and oxygen atoms in total. The number of carboxylic acid groups (broad SMARTS) is 1. The number of aromatic carboxylic acids is 1. The van der Waals surface area contributed by atoms with Crippen LogP contribution in [0.4, 0.5) is 5.13 Å². The van der Waals surface area contributed by atoms with Gasteiger partial charge in [-0.3, -0.25) is 0 Å². The lowest BCUT2D eigenvalue weighted by Gasteiger charge is -2.22. The number of hydrogen-bond donors (Lipinski definition) is 2. The summed E-state index contributed by atoms with van der Waals surface area (Å²) in [6, 6.07) is 0. The van der Waals surface area contributed by atoms with Crippen molar-refractivity contribution in [3.05, 3.63) is 10.6 Å². The van der Waals surface area contributed by atoms with Crippen LogP contribution in [-0.2, 0) is 9.84 Å². The van der Waals surface area contributed by atoms with Gasteiger partial charge in [0, 0.05) is 12.8 Å². The van der Waals surface area contributed by atoms with Gasteiger partial charge in [0.25, 0.3) is 0 Å². The van der Waals surface area contributed by atoms with Crippen LogP contribution in [0.3, 0.4) is 0 Å². The number of anilines is 1. The molecule has 0 saturated heterocycles. The molecule has 0 aliphatic heterocycles. The molecular weight excluding hydrogens is 276 g/mol. The molecule has 0 radical (unpaired) electrons. The lowest BCUT2D eigenvalue weighted by molar-refractivity contribution is 0.0701. The van der Waals surface area contributed by atoms with Crippen molar-refractivity contribution in [1.82, 2.24) is 4.98 Å². The second-order valence-electron chi connectivity index (χ2n) is 4.62. The third kappa shape index (κ3) is 3.20. The summed E-state index contributed by atoms with van der Waals surface area (Å²) in [5.74, 6) is -1.03. The van der Waals surface area contributed by atoms with Crippen LogP contribution >= 0.6 is 11.3 Å². The molecule has 0 amide bonds. The standard InChI is InChI=1S/C10H16N2O4S2/c1-6-7(8(13)14)17-9(12-6)11-5-10(2,3)18(4,15)16/h5H2,1-4H3,(H,11,12)(H,13,14). The summed E-state index contributed by atoms with van der Waals surface area (Å²) in [7, 11) is -3.19. The Balaban J connectivity index is 2.82. The van der Waals surface area contributed by atoms with Crippen molar-refractivity contribution in [3.8, 4) is 0 Å². The first kappa shape index (κ1) is 14.9. The Kier molecular flexibility index (Phi) is 4.02. The van der Waals surface area contributed by atoms with Crippen LogP contribution in [0.15, 0.2) is 0 Å². The van der Waals surface area contributed by atoms with Gasteiger partial charge < -0.3 is 10.4 Å². The van der Waals surface area contributed by atoms with E-state index in [0.717, 1.165) is 11.3 Å². The van der Waals surface area contributed by atoms with Crippen LogP contribution in [0.1, 0.15) is 29.2 Å². The molecule has 0 spiro atoms. The summed E-state index contributed by atoms with van der Waals surface area (Å²) in [6.45, 7) is 4.99. The van der Waals surface area contributed by atoms with Crippen LogP contribution in [0.5, 0.6) is 0 Å². The number of carboxylic acids is 1. The summed E-state index contributed by atoms with van der Waals surface area (Å²) in [4.78, 5) is 15.1. The Morgan fingerprint density at radius 1 is 1.50 bits per heavy atom. The number of hydrogen-bond acceptors (Lipinski definition) is 6. The van der Waals surface area contributed by atoms with E-state index in [9.17, 15) is 13.2 Å². The van der Waals surface area contributed by atoms with Gasteiger partial charge in [0.05, 0.1) is 10.4 Å². The van der Waals surface area contributed by atoms with Crippen molar-refractivity contribution in [2.24, 2.45) is 0 Å². The zero-order valence-corrected chi connectivity index (χ0v) is 12.3. The number of carbonyl (C=O) groups is 1. The van der Waals surface area contributed by atoms with Crippen LogP contribution in [-0.4, -0.2) is 42.0 Å². The molecule has 0 saturated carbocycles. The van der Waals surface area contributed by atoms with Gasteiger partial charge in [-0.15, -0.1) is 0 Å². The molecule has 0 aliphatic carbocycles. The molecule has 18 heavy (non-hydrogen) atoms. The fourth-order valence-electron chi connectivity index (χ4n) is 1.09. The SMILES string of the molecule is Cc1nc(NCC(C)(C)S(C)(=O)=O)sc1C(=O)O. The number of nitrogens with zero attached hydrogens (tertiary/aromatic N) is 1. The maximum Gasteiger partial charge on any atom is 0.347 e. The van der Waals surface area contributed by atoms with E-state index in [1.807, 2.05) is 0 Å². The average molecular weight is 292 g/mol. The zero-order chi connectivity index (χ0) is 14.1. The molecule has 0 atom stereocenters. The fraction of sp³-hybridized carbons (Fsp3) is 0.600. The van der Waals surface area contributed by atoms with Gasteiger partial charge >= 0.3 is 5.97 Å². The van der Waals surface area contributed by atoms with Crippen molar-refractivity contribution < 1.29 is 18.3 Å². The van der Waals surface area contributed by atoms with E-state index in [0.29, 0.717) is 10.8 Å². The van der Waals surface area contributed by atoms with Crippen LogP contribution in [0, 0.1) is 6.92 Å². The Labute approximate surface area is 110 Å². The molecule has 0 fully saturated rings. The van der Waals surface area contributed by atoms with Crippen molar-refractivity contribution in [3.63, 3.8) is 0 Å². The van der Waals surface area contributed by atoms with Gasteiger partial charge in [-0.25, -0.2) is 18.2 Å². The summed E-state index contributed by atoms with van der Waals surface area (Å²) in [5.41, 5.74) is 0.423. The maximum atomic E-state index is 11.5. The maximum absolute atomic E-state index is 11.5. The van der Waals surface area contributed by atoms with Crippen molar-refractivity contribution in [2.75, 3.05) is 18.1 Å². The molecule has 0 aliphatic rings. The van der Waals surface area contributed by atoms with Gasteiger partial charge in [0.2, 0.25) is 0 Å². The predicted molar refractivity (Wildman–Crippen MR) is 71.2 cm³/mol. The van der Waals surface area contributed by atoms with E-state index >= 15 is 0 Å². The molecule has 8 heteroatoms. The van der Waals surface area contributed by atoms with Gasteiger partial charge in [-0.1, -0.05) is 11.3 Å². The lowest BCUT2D eigenvalue weighted by Crippen LogP contribution is -2.38. The molecule has 0 aromatic carbocycles. The summed E-state index contributed by atoms with van der Waals surface area (Å²) >= 11 is 1.00. The molecule has 1 aromatic heterocycles. The number of aryl methyl sites for hydroxylation is 1. The summed E-state index contributed by atoms with van der Waals surface area (Å²) in [5, 5.41) is 12.2. The quantitative estimate of drug-likeness (QED) is 0.851. The topological polar surface area (TPSA) is 96.4 Å². The van der Waals surface area contributed by atoms with E-state index in [4.69, 9.17) is 5.11 Å². The Bertz CT molecular complexity index is 560. The normalized spacial score (nSPS) is 12.4. The van der Waals surface area contributed by atoms with Crippen molar-refractivity contribution in [1.29, 1.82) is 0 Å². The summed E-state index contributed by atoms with van der Waals surface area (Å²) in [6.07, 6.45) is 1.17. The largest absolute Gasteiger partial charge is 0.477 e. The lowest BCUT2D eigenvalue weighted by atomic mass is 10.2. The highest BCUT2D eigenvalue weighted by Crippen LogP contribution is 2.24. The number of nitrogens with one attached hydrogen (secondary N) is 1. The molecule has 1 aromatic rings. The van der Waals surface area contributed by atoms with E-state index in [1.165, 1.54) is 6.26 Å². The first-order chi connectivity index (χ1) is 8.04. The Morgan fingerprint density at radius 2 is 2.06 bits per heavy atom. The minimum Gasteiger partial charge on any atom is -0.477 e. The van der Waals surface area contributed by atoms with Crippen LogP contribution in [0.2, 0.25) is 0 Å². The van der Waals surface area contributed by atoms with Gasteiger partial charge in [-0.2, -0.15) is 0 Å². The molecular formula is C10H16N2O4S2. The third-order valence-electron chi connectivity index (χ3n) is 2.66. The zero-order valence-electron chi connectivity index (χ0n) is 10.6. The minimum absolute atomic E-state index is 0.162. The van der Waals surface area contributed by atoms with Crippen molar-refractivity contribution in [2.45, 2.75) is 25.5 Å². The molecule has 102 valence electrons. The average Bonchev–Trinajstić information content (AvgIpc) is 2.55. The molecule has 2 N–H and O–H groups in total. The monoisotopic (exact) mass is 292 g/mol. The van der Waals surface area contributed by atoms with Gasteiger partial charge in [0.15, 0.2) is 15.0 Å². The number of aromatic nitrogens is 1. The molecule has 0 unspecified atom stereocenters. The predicted octanol–water partition coefficient (Wildman–Crippen LogP) is 1.38. The Morgan fingerprint density at radius 3 is 2.44 bits per heavy atom. The fourth-order valence-corrected chi connectivity index (χ4v) is 2.23. The highest BCUT2D eigenvalue weighted by atomic mass is 32.2. The number of thiazole rings is 1.